The first-order chi connectivity index (χ1) is 16.0. The monoisotopic (exact) mass is 469 g/mol. The van der Waals surface area contributed by atoms with Gasteiger partial charge in [-0.25, -0.2) is 8.42 Å². The number of benzene rings is 2. The van der Waals surface area contributed by atoms with Crippen LogP contribution in [0, 0.1) is 0 Å². The molecule has 1 N–H and O–H groups in total. The lowest BCUT2D eigenvalue weighted by Crippen LogP contribution is -2.42. The number of nitrogens with one attached hydrogen (secondary N) is 1. The molecule has 0 radical (unpaired) electrons. The highest BCUT2D eigenvalue weighted by molar-refractivity contribution is 7.92. The molecular formula is C23H23N3O6S. The molecule has 1 fully saturated rings. The van der Waals surface area contributed by atoms with Gasteiger partial charge in [-0.1, -0.05) is 0 Å². The van der Waals surface area contributed by atoms with Crippen LogP contribution < -0.4 is 14.2 Å². The van der Waals surface area contributed by atoms with Gasteiger partial charge in [0.1, 0.15) is 11.4 Å². The molecule has 0 aliphatic carbocycles. The van der Waals surface area contributed by atoms with E-state index >= 15 is 0 Å². The van der Waals surface area contributed by atoms with Crippen LogP contribution in [0.2, 0.25) is 0 Å². The maximum Gasteiger partial charge on any atom is 0.271 e. The summed E-state index contributed by atoms with van der Waals surface area (Å²) in [6.45, 7) is 0.905. The number of fused-ring (bicyclic) bond motifs is 1. The molecule has 0 spiro atoms. The molecule has 33 heavy (non-hydrogen) atoms. The summed E-state index contributed by atoms with van der Waals surface area (Å²) >= 11 is 0. The van der Waals surface area contributed by atoms with Gasteiger partial charge in [0.2, 0.25) is 6.79 Å². The van der Waals surface area contributed by atoms with Crippen molar-refractivity contribution in [3.8, 4) is 28.5 Å². The van der Waals surface area contributed by atoms with Gasteiger partial charge in [-0.05, 0) is 61.4 Å². The maximum atomic E-state index is 13.0. The fourth-order valence-corrected chi connectivity index (χ4v) is 5.86. The van der Waals surface area contributed by atoms with E-state index in [2.05, 4.69) is 10.2 Å². The molecule has 172 valence electrons. The van der Waals surface area contributed by atoms with Crippen molar-refractivity contribution in [1.29, 1.82) is 0 Å². The summed E-state index contributed by atoms with van der Waals surface area (Å²) in [5.74, 6) is 1.73. The van der Waals surface area contributed by atoms with Crippen LogP contribution >= 0.6 is 0 Å². The van der Waals surface area contributed by atoms with Gasteiger partial charge in [-0.15, -0.1) is 0 Å². The maximum absolute atomic E-state index is 13.0. The highest BCUT2D eigenvalue weighted by Gasteiger charge is 2.33. The molecule has 0 saturated carbocycles. The van der Waals surface area contributed by atoms with E-state index in [4.69, 9.17) is 14.2 Å². The number of aromatic nitrogens is 2. The van der Waals surface area contributed by atoms with Gasteiger partial charge in [0.25, 0.3) is 5.91 Å². The quantitative estimate of drug-likeness (QED) is 0.612. The van der Waals surface area contributed by atoms with Gasteiger partial charge in [0.05, 0.1) is 22.9 Å². The summed E-state index contributed by atoms with van der Waals surface area (Å²) in [6, 6.07) is 13.6. The largest absolute Gasteiger partial charge is 0.497 e. The molecule has 1 saturated heterocycles. The van der Waals surface area contributed by atoms with E-state index < -0.39 is 15.1 Å². The Morgan fingerprint density at radius 3 is 2.52 bits per heavy atom. The summed E-state index contributed by atoms with van der Waals surface area (Å²) in [6.07, 6.45) is 0.756. The van der Waals surface area contributed by atoms with Crippen molar-refractivity contribution in [2.24, 2.45) is 0 Å². The molecule has 2 aromatic carbocycles. The lowest BCUT2D eigenvalue weighted by Gasteiger charge is -2.31. The SMILES string of the molecule is COc1ccc(S(=O)(=O)C2CCN(C(=O)c3cc(-c4ccc5c(c4)OCO5)n[nH]3)CC2)cc1. The zero-order valence-electron chi connectivity index (χ0n) is 18.0. The molecule has 1 aromatic heterocycles. The van der Waals surface area contributed by atoms with E-state index in [-0.39, 0.29) is 17.6 Å². The average molecular weight is 470 g/mol. The second-order valence-electron chi connectivity index (χ2n) is 7.95. The van der Waals surface area contributed by atoms with E-state index in [9.17, 15) is 13.2 Å². The third kappa shape index (κ3) is 4.02. The molecule has 2 aliphatic heterocycles. The Bertz CT molecular complexity index is 1280. The fourth-order valence-electron chi connectivity index (χ4n) is 4.13. The van der Waals surface area contributed by atoms with Gasteiger partial charge in [-0.2, -0.15) is 5.10 Å². The van der Waals surface area contributed by atoms with Crippen molar-refractivity contribution in [1.82, 2.24) is 15.1 Å². The summed E-state index contributed by atoms with van der Waals surface area (Å²) in [7, 11) is -1.94. The lowest BCUT2D eigenvalue weighted by atomic mass is 10.1. The van der Waals surface area contributed by atoms with Crippen molar-refractivity contribution in [2.45, 2.75) is 23.0 Å². The molecule has 3 aromatic rings. The zero-order chi connectivity index (χ0) is 23.0. The third-order valence-corrected chi connectivity index (χ3v) is 8.31. The number of hydrogen-bond donors (Lipinski definition) is 1. The first kappa shape index (κ1) is 21.3. The molecule has 0 bridgehead atoms. The number of nitrogens with zero attached hydrogens (tertiary/aromatic N) is 2. The number of carbonyl (C=O) groups is 1. The van der Waals surface area contributed by atoms with E-state index in [0.717, 1.165) is 5.56 Å². The van der Waals surface area contributed by atoms with Gasteiger partial charge >= 0.3 is 0 Å². The Labute approximate surface area is 191 Å². The first-order valence-electron chi connectivity index (χ1n) is 10.6. The molecule has 0 unspecified atom stereocenters. The van der Waals surface area contributed by atoms with Crippen molar-refractivity contribution >= 4 is 15.7 Å². The average Bonchev–Trinajstić information content (AvgIpc) is 3.53. The number of hydrogen-bond acceptors (Lipinski definition) is 7. The van der Waals surface area contributed by atoms with Crippen LogP contribution in [-0.4, -0.2) is 61.7 Å². The standard InChI is InChI=1S/C23H23N3O6S/c1-30-16-3-5-17(6-4-16)33(28,29)18-8-10-26(11-9-18)23(27)20-13-19(24-25-20)15-2-7-21-22(12-15)32-14-31-21/h2-7,12-13,18H,8-11,14H2,1H3,(H,24,25). The van der Waals surface area contributed by atoms with Crippen LogP contribution in [0.5, 0.6) is 17.2 Å². The molecule has 2 aliphatic rings. The number of amides is 1. The van der Waals surface area contributed by atoms with E-state index in [1.807, 2.05) is 18.2 Å². The van der Waals surface area contributed by atoms with Crippen LogP contribution in [0.25, 0.3) is 11.3 Å². The van der Waals surface area contributed by atoms with Gasteiger partial charge in [0.15, 0.2) is 21.3 Å². The molecule has 5 rings (SSSR count). The topological polar surface area (TPSA) is 111 Å². The highest BCUT2D eigenvalue weighted by atomic mass is 32.2. The molecular weight excluding hydrogens is 446 g/mol. The zero-order valence-corrected chi connectivity index (χ0v) is 18.8. The summed E-state index contributed by atoms with van der Waals surface area (Å²) in [5.41, 5.74) is 1.78. The predicted octanol–water partition coefficient (Wildman–Crippen LogP) is 2.89. The number of aromatic amines is 1. The number of H-pyrrole nitrogens is 1. The second-order valence-corrected chi connectivity index (χ2v) is 10.2. The van der Waals surface area contributed by atoms with Gasteiger partial charge in [0, 0.05) is 18.7 Å². The van der Waals surface area contributed by atoms with Crippen LogP contribution in [0.15, 0.2) is 53.4 Å². The van der Waals surface area contributed by atoms with Crippen molar-refractivity contribution in [3.63, 3.8) is 0 Å². The van der Waals surface area contributed by atoms with Gasteiger partial charge < -0.3 is 19.1 Å². The molecule has 0 atom stereocenters. The van der Waals surface area contributed by atoms with Crippen LogP contribution in [0.4, 0.5) is 0 Å². The lowest BCUT2D eigenvalue weighted by molar-refractivity contribution is 0.0719. The minimum absolute atomic E-state index is 0.188. The minimum atomic E-state index is -3.47. The van der Waals surface area contributed by atoms with Gasteiger partial charge in [-0.3, -0.25) is 9.89 Å². The van der Waals surface area contributed by atoms with Crippen LogP contribution in [0.1, 0.15) is 23.3 Å². The van der Waals surface area contributed by atoms with E-state index in [1.165, 1.54) is 7.11 Å². The summed E-state index contributed by atoms with van der Waals surface area (Å²) in [5, 5.41) is 6.54. The third-order valence-electron chi connectivity index (χ3n) is 6.03. The Kier molecular flexibility index (Phi) is 5.45. The van der Waals surface area contributed by atoms with Crippen molar-refractivity contribution in [2.75, 3.05) is 27.0 Å². The predicted molar refractivity (Wildman–Crippen MR) is 119 cm³/mol. The Morgan fingerprint density at radius 2 is 1.79 bits per heavy atom. The molecule has 1 amide bonds. The summed E-state index contributed by atoms with van der Waals surface area (Å²) < 4.78 is 41.8. The Morgan fingerprint density at radius 1 is 1.06 bits per heavy atom. The minimum Gasteiger partial charge on any atom is -0.497 e. The van der Waals surface area contributed by atoms with E-state index in [0.29, 0.717) is 54.6 Å². The fraction of sp³-hybridized carbons (Fsp3) is 0.304. The molecule has 9 nitrogen and oxygen atoms in total. The number of methoxy groups -OCH3 is 1. The van der Waals surface area contributed by atoms with Crippen LogP contribution in [0.3, 0.4) is 0 Å². The van der Waals surface area contributed by atoms with Crippen LogP contribution in [-0.2, 0) is 9.84 Å². The smallest absolute Gasteiger partial charge is 0.271 e. The number of sulfone groups is 1. The molecule has 3 heterocycles. The Hall–Kier alpha value is -3.53. The van der Waals surface area contributed by atoms with Crippen molar-refractivity contribution in [3.05, 3.63) is 54.2 Å². The first-order valence-corrected chi connectivity index (χ1v) is 12.1. The number of carbonyl (C=O) groups excluding carboxylic acids is 1. The van der Waals surface area contributed by atoms with Crippen molar-refractivity contribution < 1.29 is 27.4 Å². The normalized spacial score (nSPS) is 16.1. The Balaban J connectivity index is 1.24. The second kappa shape index (κ2) is 8.43. The number of ether oxygens (including phenoxy) is 3. The number of likely N-dealkylation sites (tertiary alicyclic amines) is 1. The molecule has 10 heteroatoms. The van der Waals surface area contributed by atoms with E-state index in [1.54, 1.807) is 35.2 Å². The summed E-state index contributed by atoms with van der Waals surface area (Å²) in [4.78, 5) is 14.9. The number of piperidine rings is 1. The number of rotatable bonds is 5. The highest BCUT2D eigenvalue weighted by Crippen LogP contribution is 2.35.